The molecule has 0 saturated heterocycles. The predicted molar refractivity (Wildman–Crippen MR) is 62.5 cm³/mol. The Hall–Kier alpha value is -0.960. The summed E-state index contributed by atoms with van der Waals surface area (Å²) in [7, 11) is 0. The highest BCUT2D eigenvalue weighted by Gasteiger charge is 2.28. The third-order valence-corrected chi connectivity index (χ3v) is 3.67. The molecule has 3 heteroatoms. The number of thioether (sulfide) groups is 1. The molecule has 0 aliphatic carbocycles. The van der Waals surface area contributed by atoms with Gasteiger partial charge in [-0.2, -0.15) is 0 Å². The van der Waals surface area contributed by atoms with E-state index >= 15 is 0 Å². The molecule has 1 aromatic rings. The van der Waals surface area contributed by atoms with Crippen LogP contribution in [0.15, 0.2) is 35.3 Å². The second kappa shape index (κ2) is 4.05. The zero-order valence-electron chi connectivity index (χ0n) is 8.18. The molecule has 1 aliphatic heterocycles. The second-order valence-electron chi connectivity index (χ2n) is 3.39. The summed E-state index contributed by atoms with van der Waals surface area (Å²) in [5.41, 5.74) is 7.01. The van der Waals surface area contributed by atoms with Gasteiger partial charge >= 0.3 is 0 Å². The van der Waals surface area contributed by atoms with E-state index in [1.54, 1.807) is 11.8 Å². The highest BCUT2D eigenvalue weighted by atomic mass is 32.2. The molecule has 1 aliphatic rings. The molecule has 74 valence electrons. The van der Waals surface area contributed by atoms with Crippen LogP contribution in [0.5, 0.6) is 0 Å². The fourth-order valence-electron chi connectivity index (χ4n) is 1.72. The van der Waals surface area contributed by atoms with Gasteiger partial charge in [0.2, 0.25) is 0 Å². The zero-order chi connectivity index (χ0) is 9.97. The molecular weight excluding hydrogens is 192 g/mol. The van der Waals surface area contributed by atoms with Crippen molar-refractivity contribution >= 4 is 16.9 Å². The van der Waals surface area contributed by atoms with Crippen molar-refractivity contribution in [1.29, 1.82) is 0 Å². The molecule has 1 aromatic carbocycles. The number of hydrogen-bond donors (Lipinski definition) is 1. The molecular formula is C11H14N2S. The highest BCUT2D eigenvalue weighted by molar-refractivity contribution is 8.14. The van der Waals surface area contributed by atoms with Crippen molar-refractivity contribution in [2.24, 2.45) is 10.7 Å². The number of rotatable bonds is 2. The lowest BCUT2D eigenvalue weighted by Crippen LogP contribution is -2.08. The standard InChI is InChI=1S/C11H14N2S/c1-2-9-10(13-11(12)14-9)8-6-4-3-5-7-8/h3-7,9-10H,2H2,1H3,(H2,12,13)/t9-,10-/m0/s1. The summed E-state index contributed by atoms with van der Waals surface area (Å²) in [6.07, 6.45) is 1.11. The quantitative estimate of drug-likeness (QED) is 0.807. The molecule has 0 aromatic heterocycles. The predicted octanol–water partition coefficient (Wildman–Crippen LogP) is 2.57. The van der Waals surface area contributed by atoms with E-state index in [1.165, 1.54) is 5.56 Å². The minimum atomic E-state index is 0.256. The van der Waals surface area contributed by atoms with E-state index < -0.39 is 0 Å². The number of nitrogens with zero attached hydrogens (tertiary/aromatic N) is 1. The Morgan fingerprint density at radius 1 is 1.36 bits per heavy atom. The fraction of sp³-hybridized carbons (Fsp3) is 0.364. The van der Waals surface area contributed by atoms with Crippen LogP contribution in [0.1, 0.15) is 24.9 Å². The molecule has 2 N–H and O–H groups in total. The topological polar surface area (TPSA) is 38.4 Å². The number of amidine groups is 1. The molecule has 0 bridgehead atoms. The van der Waals surface area contributed by atoms with Gasteiger partial charge in [0.1, 0.15) is 0 Å². The third kappa shape index (κ3) is 1.77. The minimum Gasteiger partial charge on any atom is -0.379 e. The molecule has 14 heavy (non-hydrogen) atoms. The number of nitrogens with two attached hydrogens (primary N) is 1. The average Bonchev–Trinajstić information content (AvgIpc) is 2.61. The van der Waals surface area contributed by atoms with Gasteiger partial charge in [0.05, 0.1) is 6.04 Å². The smallest absolute Gasteiger partial charge is 0.154 e. The van der Waals surface area contributed by atoms with Crippen molar-refractivity contribution in [1.82, 2.24) is 0 Å². The van der Waals surface area contributed by atoms with E-state index in [1.807, 2.05) is 6.07 Å². The van der Waals surface area contributed by atoms with Gasteiger partial charge in [0.15, 0.2) is 5.17 Å². The van der Waals surface area contributed by atoms with Crippen LogP contribution >= 0.6 is 11.8 Å². The van der Waals surface area contributed by atoms with Crippen molar-refractivity contribution in [2.45, 2.75) is 24.6 Å². The lowest BCUT2D eigenvalue weighted by atomic mass is 10.0. The Morgan fingerprint density at radius 2 is 2.07 bits per heavy atom. The summed E-state index contributed by atoms with van der Waals surface area (Å²) >= 11 is 1.70. The van der Waals surface area contributed by atoms with Crippen molar-refractivity contribution in [3.05, 3.63) is 35.9 Å². The molecule has 2 atom stereocenters. The van der Waals surface area contributed by atoms with Gasteiger partial charge in [-0.3, -0.25) is 4.99 Å². The molecule has 0 amide bonds. The van der Waals surface area contributed by atoms with Crippen LogP contribution < -0.4 is 5.73 Å². The van der Waals surface area contributed by atoms with Gasteiger partial charge in [0.25, 0.3) is 0 Å². The monoisotopic (exact) mass is 206 g/mol. The van der Waals surface area contributed by atoms with Gasteiger partial charge in [-0.1, -0.05) is 49.0 Å². The largest absolute Gasteiger partial charge is 0.379 e. The third-order valence-electron chi connectivity index (χ3n) is 2.43. The van der Waals surface area contributed by atoms with Crippen LogP contribution in [0.2, 0.25) is 0 Å². The first-order valence-electron chi connectivity index (χ1n) is 4.86. The molecule has 2 nitrogen and oxygen atoms in total. The van der Waals surface area contributed by atoms with Gasteiger partial charge in [-0.25, -0.2) is 0 Å². The first-order valence-corrected chi connectivity index (χ1v) is 5.74. The van der Waals surface area contributed by atoms with Gasteiger partial charge in [-0.15, -0.1) is 0 Å². The Labute approximate surface area is 88.6 Å². The van der Waals surface area contributed by atoms with Crippen LogP contribution in [0.25, 0.3) is 0 Å². The molecule has 0 saturated carbocycles. The SMILES string of the molecule is CC[C@@H]1SC(N)=N[C@H]1c1ccccc1. The van der Waals surface area contributed by atoms with Crippen LogP contribution in [0.3, 0.4) is 0 Å². The maximum absolute atomic E-state index is 5.74. The van der Waals surface area contributed by atoms with E-state index in [0.29, 0.717) is 5.25 Å². The van der Waals surface area contributed by atoms with Crippen molar-refractivity contribution in [3.8, 4) is 0 Å². The van der Waals surface area contributed by atoms with Gasteiger partial charge in [-0.05, 0) is 12.0 Å². The molecule has 0 radical (unpaired) electrons. The van der Waals surface area contributed by atoms with Crippen LogP contribution in [0, 0.1) is 0 Å². The number of hydrogen-bond acceptors (Lipinski definition) is 3. The normalized spacial score (nSPS) is 26.2. The summed E-state index contributed by atoms with van der Waals surface area (Å²) in [6, 6.07) is 10.6. The van der Waals surface area contributed by atoms with Crippen LogP contribution in [-0.2, 0) is 0 Å². The van der Waals surface area contributed by atoms with E-state index in [2.05, 4.69) is 36.2 Å². The summed E-state index contributed by atoms with van der Waals surface area (Å²) < 4.78 is 0. The molecule has 1 heterocycles. The van der Waals surface area contributed by atoms with Gasteiger partial charge in [0, 0.05) is 5.25 Å². The Morgan fingerprint density at radius 3 is 2.71 bits per heavy atom. The first-order chi connectivity index (χ1) is 6.81. The summed E-state index contributed by atoms with van der Waals surface area (Å²) in [5, 5.41) is 1.24. The molecule has 0 spiro atoms. The van der Waals surface area contributed by atoms with Crippen LogP contribution in [-0.4, -0.2) is 10.4 Å². The number of benzene rings is 1. The van der Waals surface area contributed by atoms with E-state index in [-0.39, 0.29) is 6.04 Å². The second-order valence-corrected chi connectivity index (χ2v) is 4.65. The van der Waals surface area contributed by atoms with E-state index in [0.717, 1.165) is 11.6 Å². The summed E-state index contributed by atoms with van der Waals surface area (Å²) in [6.45, 7) is 2.18. The lowest BCUT2D eigenvalue weighted by molar-refractivity contribution is 0.672. The fourth-order valence-corrected chi connectivity index (χ4v) is 2.71. The average molecular weight is 206 g/mol. The minimum absolute atomic E-state index is 0.256. The van der Waals surface area contributed by atoms with Crippen molar-refractivity contribution in [2.75, 3.05) is 0 Å². The Bertz CT molecular complexity index is 334. The molecule has 2 rings (SSSR count). The first kappa shape index (κ1) is 9.59. The van der Waals surface area contributed by atoms with Gasteiger partial charge < -0.3 is 5.73 Å². The zero-order valence-corrected chi connectivity index (χ0v) is 9.00. The summed E-state index contributed by atoms with van der Waals surface area (Å²) in [5.74, 6) is 0. The van der Waals surface area contributed by atoms with E-state index in [4.69, 9.17) is 5.73 Å². The van der Waals surface area contributed by atoms with E-state index in [9.17, 15) is 0 Å². The molecule has 0 fully saturated rings. The Balaban J connectivity index is 2.25. The van der Waals surface area contributed by atoms with Crippen molar-refractivity contribution < 1.29 is 0 Å². The summed E-state index contributed by atoms with van der Waals surface area (Å²) in [4.78, 5) is 4.47. The maximum atomic E-state index is 5.74. The number of aliphatic imine (C=N–C) groups is 1. The highest BCUT2D eigenvalue weighted by Crippen LogP contribution is 2.37. The Kier molecular flexibility index (Phi) is 2.77. The lowest BCUT2D eigenvalue weighted by Gasteiger charge is -2.14. The van der Waals surface area contributed by atoms with Crippen LogP contribution in [0.4, 0.5) is 0 Å². The van der Waals surface area contributed by atoms with Crippen molar-refractivity contribution in [3.63, 3.8) is 0 Å². The molecule has 0 unspecified atom stereocenters. The maximum Gasteiger partial charge on any atom is 0.154 e.